The Kier molecular flexibility index (Phi) is 11.5. The molecule has 0 aromatic rings. The summed E-state index contributed by atoms with van der Waals surface area (Å²) >= 11 is 0. The second-order valence-electron chi connectivity index (χ2n) is 6.06. The number of rotatable bonds is 7. The molecule has 0 aromatic carbocycles. The van der Waals surface area contributed by atoms with Crippen LogP contribution in [0.3, 0.4) is 0 Å². The molecule has 1 aliphatic carbocycles. The van der Waals surface area contributed by atoms with E-state index in [-0.39, 0.29) is 30.1 Å². The molecule has 0 aromatic heterocycles. The summed E-state index contributed by atoms with van der Waals surface area (Å²) in [4.78, 5) is 32.4. The first kappa shape index (κ1) is 24.1. The van der Waals surface area contributed by atoms with Crippen molar-refractivity contribution in [3.05, 3.63) is 11.6 Å². The molecule has 0 fully saturated rings. The summed E-state index contributed by atoms with van der Waals surface area (Å²) < 4.78 is 11.1. The molecule has 4 N–H and O–H groups in total. The van der Waals surface area contributed by atoms with Gasteiger partial charge < -0.3 is 25.6 Å². The number of nitrogens with two attached hydrogens (primary N) is 1. The zero-order valence-corrected chi connectivity index (χ0v) is 16.3. The zero-order valence-electron chi connectivity index (χ0n) is 16.3. The maximum absolute atomic E-state index is 12.0. The van der Waals surface area contributed by atoms with Crippen LogP contribution in [0.25, 0.3) is 0 Å². The average Bonchev–Trinajstić information content (AvgIpc) is 2.54. The third-order valence-electron chi connectivity index (χ3n) is 3.80. The highest BCUT2D eigenvalue weighted by molar-refractivity contribution is 5.89. The van der Waals surface area contributed by atoms with Crippen LogP contribution in [-0.4, -0.2) is 53.9 Å². The number of carboxylic acid groups (broad SMARTS) is 1. The third kappa shape index (κ3) is 8.96. The Morgan fingerprint density at radius 3 is 2.23 bits per heavy atom. The van der Waals surface area contributed by atoms with Gasteiger partial charge in [0.05, 0.1) is 24.9 Å². The summed E-state index contributed by atoms with van der Waals surface area (Å²) in [6.07, 6.45) is 3.48. The van der Waals surface area contributed by atoms with Crippen molar-refractivity contribution >= 4 is 17.8 Å². The molecule has 0 radical (unpaired) electrons. The molecule has 0 heterocycles. The first-order valence-electron chi connectivity index (χ1n) is 8.91. The van der Waals surface area contributed by atoms with E-state index in [9.17, 15) is 9.59 Å². The summed E-state index contributed by atoms with van der Waals surface area (Å²) in [5.74, 6) is -1.36. The van der Waals surface area contributed by atoms with E-state index in [1.165, 1.54) is 6.92 Å². The first-order chi connectivity index (χ1) is 12.2. The number of hydrogen-bond donors (Lipinski definition) is 3. The van der Waals surface area contributed by atoms with Crippen molar-refractivity contribution in [2.45, 2.75) is 78.2 Å². The number of carbonyl (C=O) groups excluding carboxylic acids is 2. The summed E-state index contributed by atoms with van der Waals surface area (Å²) in [5, 5.41) is 10.3. The fourth-order valence-corrected chi connectivity index (χ4v) is 2.62. The molecule has 0 spiro atoms. The first-order valence-corrected chi connectivity index (χ1v) is 8.91. The van der Waals surface area contributed by atoms with Crippen molar-refractivity contribution in [3.8, 4) is 0 Å². The number of nitrogens with one attached hydrogen (secondary N) is 1. The molecule has 0 saturated heterocycles. The lowest BCUT2D eigenvalue weighted by atomic mass is 9.88. The van der Waals surface area contributed by atoms with Crippen LogP contribution in [0.4, 0.5) is 0 Å². The number of aliphatic carboxylic acids is 1. The van der Waals surface area contributed by atoms with Gasteiger partial charge in [0.25, 0.3) is 5.97 Å². The minimum atomic E-state index is -0.833. The molecular weight excluding hydrogens is 340 g/mol. The zero-order chi connectivity index (χ0) is 20.3. The van der Waals surface area contributed by atoms with Gasteiger partial charge in [0.1, 0.15) is 0 Å². The number of amides is 1. The van der Waals surface area contributed by atoms with Crippen molar-refractivity contribution in [2.24, 2.45) is 5.73 Å². The van der Waals surface area contributed by atoms with Gasteiger partial charge in [0.15, 0.2) is 0 Å². The molecule has 8 nitrogen and oxygen atoms in total. The highest BCUT2D eigenvalue weighted by Crippen LogP contribution is 2.24. The standard InChI is InChI=1S/C16H28N2O4.C2H4O2/c1-5-12(6-2)22-14-9-11(16(20)21-7-3)8-13(17)15(14)18-10(4)19;1-2(3)4/h9,12-15H,5-8,17H2,1-4H3,(H,18,19);1H3,(H,3,4)/t13-,14+,15+;/m0./s1. The smallest absolute Gasteiger partial charge is 0.333 e. The Labute approximate surface area is 155 Å². The van der Waals surface area contributed by atoms with Gasteiger partial charge in [-0.05, 0) is 32.3 Å². The van der Waals surface area contributed by atoms with Crippen LogP contribution in [0.2, 0.25) is 0 Å². The van der Waals surface area contributed by atoms with Crippen LogP contribution >= 0.6 is 0 Å². The number of esters is 1. The molecule has 1 amide bonds. The Bertz CT molecular complexity index is 498. The largest absolute Gasteiger partial charge is 0.481 e. The molecule has 0 unspecified atom stereocenters. The predicted molar refractivity (Wildman–Crippen MR) is 97.5 cm³/mol. The molecule has 8 heteroatoms. The molecule has 0 aliphatic heterocycles. The highest BCUT2D eigenvalue weighted by Gasteiger charge is 2.35. The minimum absolute atomic E-state index is 0.0613. The summed E-state index contributed by atoms with van der Waals surface area (Å²) in [6.45, 7) is 8.70. The van der Waals surface area contributed by atoms with Gasteiger partial charge in [-0.25, -0.2) is 4.79 Å². The summed E-state index contributed by atoms with van der Waals surface area (Å²) in [7, 11) is 0. The van der Waals surface area contributed by atoms with Crippen LogP contribution in [-0.2, 0) is 23.9 Å². The van der Waals surface area contributed by atoms with E-state index in [0.717, 1.165) is 19.8 Å². The molecule has 150 valence electrons. The van der Waals surface area contributed by atoms with E-state index in [1.54, 1.807) is 13.0 Å². The van der Waals surface area contributed by atoms with Crippen LogP contribution in [0.15, 0.2) is 11.6 Å². The average molecular weight is 372 g/mol. The number of ether oxygens (including phenoxy) is 2. The Morgan fingerprint density at radius 2 is 1.81 bits per heavy atom. The third-order valence-corrected chi connectivity index (χ3v) is 3.80. The number of hydrogen-bond acceptors (Lipinski definition) is 6. The Morgan fingerprint density at radius 1 is 1.27 bits per heavy atom. The lowest BCUT2D eigenvalue weighted by Gasteiger charge is -2.36. The van der Waals surface area contributed by atoms with Crippen molar-refractivity contribution in [1.29, 1.82) is 0 Å². The van der Waals surface area contributed by atoms with Gasteiger partial charge >= 0.3 is 5.97 Å². The van der Waals surface area contributed by atoms with Crippen molar-refractivity contribution in [3.63, 3.8) is 0 Å². The van der Waals surface area contributed by atoms with Crippen molar-refractivity contribution in [2.75, 3.05) is 6.61 Å². The Balaban J connectivity index is 0.00000141. The quantitative estimate of drug-likeness (QED) is 0.576. The van der Waals surface area contributed by atoms with Crippen LogP contribution in [0.1, 0.15) is 53.9 Å². The van der Waals surface area contributed by atoms with Gasteiger partial charge in [-0.3, -0.25) is 9.59 Å². The van der Waals surface area contributed by atoms with Gasteiger partial charge in [-0.1, -0.05) is 13.8 Å². The van der Waals surface area contributed by atoms with Gasteiger partial charge in [0, 0.05) is 25.5 Å². The molecule has 1 aliphatic rings. The molecule has 0 bridgehead atoms. The van der Waals surface area contributed by atoms with E-state index < -0.39 is 12.1 Å². The van der Waals surface area contributed by atoms with Crippen LogP contribution in [0, 0.1) is 0 Å². The molecule has 0 saturated carbocycles. The monoisotopic (exact) mass is 372 g/mol. The van der Waals surface area contributed by atoms with Crippen LogP contribution < -0.4 is 11.1 Å². The van der Waals surface area contributed by atoms with E-state index in [2.05, 4.69) is 5.32 Å². The molecule has 3 atom stereocenters. The lowest BCUT2D eigenvalue weighted by molar-refractivity contribution is -0.139. The fourth-order valence-electron chi connectivity index (χ4n) is 2.62. The number of carboxylic acids is 1. The predicted octanol–water partition coefficient (Wildman–Crippen LogP) is 1.38. The van der Waals surface area contributed by atoms with Gasteiger partial charge in [-0.2, -0.15) is 0 Å². The minimum Gasteiger partial charge on any atom is -0.481 e. The topological polar surface area (TPSA) is 128 Å². The molecular formula is C18H32N2O6. The fraction of sp³-hybridized carbons (Fsp3) is 0.722. The van der Waals surface area contributed by atoms with E-state index in [1.807, 2.05) is 13.8 Å². The maximum Gasteiger partial charge on any atom is 0.333 e. The summed E-state index contributed by atoms with van der Waals surface area (Å²) in [5.41, 5.74) is 6.68. The van der Waals surface area contributed by atoms with Gasteiger partial charge in [-0.15, -0.1) is 0 Å². The SMILES string of the molecule is CC(=O)O.CCOC(=O)C1=C[C@@H](OC(CC)CC)[C@H](NC(C)=O)[C@@H](N)C1. The maximum atomic E-state index is 12.0. The lowest BCUT2D eigenvalue weighted by Crippen LogP contribution is -2.57. The van der Waals surface area contributed by atoms with Crippen molar-refractivity contribution < 1.29 is 29.0 Å². The number of carbonyl (C=O) groups is 3. The summed E-state index contributed by atoms with van der Waals surface area (Å²) in [6, 6.07) is -0.719. The molecule has 26 heavy (non-hydrogen) atoms. The van der Waals surface area contributed by atoms with E-state index >= 15 is 0 Å². The second kappa shape index (κ2) is 12.4. The van der Waals surface area contributed by atoms with Gasteiger partial charge in [0.2, 0.25) is 5.91 Å². The highest BCUT2D eigenvalue weighted by atomic mass is 16.5. The van der Waals surface area contributed by atoms with Crippen molar-refractivity contribution in [1.82, 2.24) is 5.32 Å². The Hall–Kier alpha value is -1.93. The van der Waals surface area contributed by atoms with E-state index in [0.29, 0.717) is 18.6 Å². The van der Waals surface area contributed by atoms with Crippen LogP contribution in [0.5, 0.6) is 0 Å². The molecule has 1 rings (SSSR count). The second-order valence-corrected chi connectivity index (χ2v) is 6.06. The normalized spacial score (nSPS) is 22.0. The van der Waals surface area contributed by atoms with E-state index in [4.69, 9.17) is 25.1 Å².